The molecule has 0 unspecified atom stereocenters. The molecule has 8 heteroatoms. The fourth-order valence-corrected chi connectivity index (χ4v) is 16.9. The Morgan fingerprint density at radius 1 is 0.268 bits per heavy atom. The van der Waals surface area contributed by atoms with Crippen LogP contribution in [0.1, 0.15) is 0 Å². The van der Waals surface area contributed by atoms with Crippen LogP contribution in [-0.2, 0) is 0 Å². The highest BCUT2D eigenvalue weighted by Gasteiger charge is 2.26. The van der Waals surface area contributed by atoms with Gasteiger partial charge in [-0.3, -0.25) is 8.80 Å². The molecule has 8 heterocycles. The predicted molar refractivity (Wildman–Crippen MR) is 349 cm³/mol. The van der Waals surface area contributed by atoms with Crippen molar-refractivity contribution in [2.24, 2.45) is 0 Å². The zero-order valence-electron chi connectivity index (χ0n) is 43.6. The van der Waals surface area contributed by atoms with Crippen molar-refractivity contribution >= 4 is 183 Å². The predicted octanol–water partition coefficient (Wildman–Crippen LogP) is 20.5. The molecule has 82 heavy (non-hydrogen) atoms. The third-order valence-electron chi connectivity index (χ3n) is 17.9. The van der Waals surface area contributed by atoms with E-state index in [4.69, 9.17) is 9.97 Å². The number of para-hydroxylation sites is 7. The van der Waals surface area contributed by atoms with Crippen LogP contribution < -0.4 is 0 Å². The third kappa shape index (κ3) is 5.52. The van der Waals surface area contributed by atoms with E-state index >= 15 is 0 Å². The number of pyridine rings is 2. The average Bonchev–Trinajstić information content (AvgIpc) is 3.16. The minimum absolute atomic E-state index is 0.966. The fourth-order valence-electron chi connectivity index (χ4n) is 14.5. The molecule has 12 aromatic carbocycles. The van der Waals surface area contributed by atoms with Gasteiger partial charge in [-0.15, -0.1) is 22.7 Å². The number of hydrogen-bond acceptors (Lipinski definition) is 4. The molecule has 0 radical (unpaired) electrons. The maximum atomic E-state index is 5.54. The summed E-state index contributed by atoms with van der Waals surface area (Å²) in [6.45, 7) is 0. The first-order valence-electron chi connectivity index (χ1n) is 27.9. The number of thiophene rings is 2. The lowest BCUT2D eigenvalue weighted by atomic mass is 9.98. The molecule has 0 bridgehead atoms. The Morgan fingerprint density at radius 3 is 1.46 bits per heavy atom. The van der Waals surface area contributed by atoms with E-state index in [1.54, 1.807) is 0 Å². The fraction of sp³-hybridized carbons (Fsp3) is 0. The smallest absolute Gasteiger partial charge is 0.148 e. The summed E-state index contributed by atoms with van der Waals surface area (Å²) < 4.78 is 14.9. The quantitative estimate of drug-likeness (QED) is 0.166. The maximum absolute atomic E-state index is 5.54. The van der Waals surface area contributed by atoms with Gasteiger partial charge < -0.3 is 9.13 Å². The summed E-state index contributed by atoms with van der Waals surface area (Å²) in [7, 11) is 0. The molecule has 0 N–H and O–H groups in total. The molecule has 0 saturated carbocycles. The van der Waals surface area contributed by atoms with Crippen molar-refractivity contribution in [1.82, 2.24) is 27.9 Å². The van der Waals surface area contributed by atoms with Crippen molar-refractivity contribution in [2.75, 3.05) is 0 Å². The number of imidazole rings is 2. The Bertz CT molecular complexity index is 6250. The van der Waals surface area contributed by atoms with E-state index < -0.39 is 0 Å². The van der Waals surface area contributed by atoms with Crippen LogP contribution in [-0.4, -0.2) is 27.9 Å². The van der Waals surface area contributed by atoms with Gasteiger partial charge in [-0.2, -0.15) is 0 Å². The zero-order chi connectivity index (χ0) is 53.1. The van der Waals surface area contributed by atoms with E-state index in [2.05, 4.69) is 261 Å². The monoisotopic (exact) mass is 1080 g/mol. The van der Waals surface area contributed by atoms with E-state index in [0.717, 1.165) is 72.1 Å². The minimum atomic E-state index is 0.966. The first-order chi connectivity index (χ1) is 40.7. The second kappa shape index (κ2) is 15.7. The summed E-state index contributed by atoms with van der Waals surface area (Å²) in [5, 5.41) is 17.2. The lowest BCUT2D eigenvalue weighted by Crippen LogP contribution is -1.97. The molecule has 0 fully saturated rings. The van der Waals surface area contributed by atoms with Gasteiger partial charge in [0.25, 0.3) is 0 Å². The van der Waals surface area contributed by atoms with E-state index in [9.17, 15) is 0 Å². The van der Waals surface area contributed by atoms with Crippen LogP contribution in [0, 0.1) is 0 Å². The highest BCUT2D eigenvalue weighted by Crippen LogP contribution is 2.50. The van der Waals surface area contributed by atoms with Crippen LogP contribution in [0.3, 0.4) is 0 Å². The Hall–Kier alpha value is -10.4. The summed E-state index contributed by atoms with van der Waals surface area (Å²) in [6.07, 6.45) is 0. The first-order valence-corrected chi connectivity index (χ1v) is 29.5. The number of nitrogens with zero attached hydrogens (tertiary/aromatic N) is 6. The van der Waals surface area contributed by atoms with E-state index in [1.165, 1.54) is 111 Å². The first kappa shape index (κ1) is 43.5. The Labute approximate surface area is 473 Å². The highest BCUT2D eigenvalue weighted by molar-refractivity contribution is 7.27. The molecule has 378 valence electrons. The second-order valence-electron chi connectivity index (χ2n) is 22.0. The summed E-state index contributed by atoms with van der Waals surface area (Å²) in [6, 6.07) is 89.7. The normalized spacial score (nSPS) is 12.6. The molecule has 0 aliphatic heterocycles. The molecule has 8 aromatic heterocycles. The molecule has 0 aliphatic rings. The molecular weight excluding hydrogens is 1040 g/mol. The number of benzene rings is 12. The molecule has 0 atom stereocenters. The molecule has 20 aromatic rings. The lowest BCUT2D eigenvalue weighted by Gasteiger charge is -2.14. The molecule has 0 spiro atoms. The molecule has 6 nitrogen and oxygen atoms in total. The number of hydrogen-bond donors (Lipinski definition) is 0. The topological polar surface area (TPSA) is 44.5 Å². The van der Waals surface area contributed by atoms with Gasteiger partial charge in [0.15, 0.2) is 0 Å². The highest BCUT2D eigenvalue weighted by atomic mass is 32.1. The standard InChI is InChI=1S/C74H40N6S2/c1-3-15-43(16-4-1)77-56-23-11-7-19-45(56)47-31-33-52-66-60(80-58-25-13-10-22-55(58)76-74(80)69(52)70(47)77)35-34-49-53-39-41(28-37-63(53)82-72(49)66)42-27-29-46-48-30-32-51-65-59(36-38-64-67(65)50-20-8-14-26-62(50)81-64)79-57-24-12-9-21-54(57)75-73(79)68(51)71(48)78(61(46)40-42)44-17-5-2-6-18-44/h1-40H. The number of rotatable bonds is 3. The molecular formula is C74H40N6S2. The number of aromatic nitrogens is 6. The van der Waals surface area contributed by atoms with E-state index in [0.29, 0.717) is 0 Å². The summed E-state index contributed by atoms with van der Waals surface area (Å²) in [4.78, 5) is 11.0. The zero-order valence-corrected chi connectivity index (χ0v) is 45.2. The summed E-state index contributed by atoms with van der Waals surface area (Å²) >= 11 is 3.77. The van der Waals surface area contributed by atoms with Crippen molar-refractivity contribution in [3.8, 4) is 22.5 Å². The molecule has 20 rings (SSSR count). The van der Waals surface area contributed by atoms with Crippen LogP contribution in [0.25, 0.3) is 183 Å². The van der Waals surface area contributed by atoms with Crippen LogP contribution in [0.5, 0.6) is 0 Å². The summed E-state index contributed by atoms with van der Waals surface area (Å²) in [5.74, 6) is 0. The SMILES string of the molecule is c1ccc(-n2c3ccccc3c3ccc4c5c6sc7ccc(-c8ccc9c%10ccc%11c%12c%13c(ccc%12n%12c%14ccccc%14nc%12c%11c%10n(-c%10ccccc%10)c9c8)sc8ccccc8%13)cc7c6ccc5n5c6ccccc6nc5c4c32)cc1. The van der Waals surface area contributed by atoms with E-state index in [1.807, 2.05) is 22.7 Å². The summed E-state index contributed by atoms with van der Waals surface area (Å²) in [5.41, 5.74) is 17.7. The van der Waals surface area contributed by atoms with Crippen molar-refractivity contribution in [2.45, 2.75) is 0 Å². The maximum Gasteiger partial charge on any atom is 0.148 e. The van der Waals surface area contributed by atoms with Gasteiger partial charge in [-0.25, -0.2) is 9.97 Å². The van der Waals surface area contributed by atoms with Crippen LogP contribution in [0.2, 0.25) is 0 Å². The molecule has 0 saturated heterocycles. The van der Waals surface area contributed by atoms with Gasteiger partial charge in [0.1, 0.15) is 11.3 Å². The van der Waals surface area contributed by atoms with Gasteiger partial charge in [0.2, 0.25) is 0 Å². The van der Waals surface area contributed by atoms with Crippen LogP contribution in [0.15, 0.2) is 243 Å². The largest absolute Gasteiger partial charge is 0.308 e. The Kier molecular flexibility index (Phi) is 8.33. The van der Waals surface area contributed by atoms with Gasteiger partial charge in [0.05, 0.1) is 65.9 Å². The number of fused-ring (bicyclic) bond motifs is 32. The molecule has 0 amide bonds. The van der Waals surface area contributed by atoms with Crippen molar-refractivity contribution < 1.29 is 0 Å². The third-order valence-corrected chi connectivity index (χ3v) is 20.2. The van der Waals surface area contributed by atoms with Crippen molar-refractivity contribution in [3.05, 3.63) is 243 Å². The van der Waals surface area contributed by atoms with Crippen molar-refractivity contribution in [1.29, 1.82) is 0 Å². The minimum Gasteiger partial charge on any atom is -0.308 e. The second-order valence-corrected chi connectivity index (χ2v) is 24.1. The van der Waals surface area contributed by atoms with Gasteiger partial charge in [-0.05, 0) is 119 Å². The van der Waals surface area contributed by atoms with E-state index in [-0.39, 0.29) is 0 Å². The van der Waals surface area contributed by atoms with Gasteiger partial charge in [0, 0.05) is 84.0 Å². The van der Waals surface area contributed by atoms with Crippen LogP contribution >= 0.6 is 22.7 Å². The Balaban J connectivity index is 0.864. The van der Waals surface area contributed by atoms with Crippen LogP contribution in [0.4, 0.5) is 0 Å². The lowest BCUT2D eigenvalue weighted by molar-refractivity contribution is 1.18. The van der Waals surface area contributed by atoms with Crippen molar-refractivity contribution in [3.63, 3.8) is 0 Å². The Morgan fingerprint density at radius 2 is 0.756 bits per heavy atom. The average molecular weight is 1080 g/mol. The molecule has 0 aliphatic carbocycles. The van der Waals surface area contributed by atoms with Gasteiger partial charge in [-0.1, -0.05) is 146 Å². The van der Waals surface area contributed by atoms with Gasteiger partial charge >= 0.3 is 0 Å².